The number of hydrazone groups is 1. The van der Waals surface area contributed by atoms with Crippen molar-refractivity contribution in [2.45, 2.75) is 38.6 Å². The number of amides is 2. The molecule has 0 N–H and O–H groups in total. The maximum Gasteiger partial charge on any atom is 0.246 e. The number of halogens is 1. The number of nitrogens with zero attached hydrogens (tertiary/aromatic N) is 3. The van der Waals surface area contributed by atoms with Gasteiger partial charge in [0.15, 0.2) is 0 Å². The number of likely N-dealkylation sites (tertiary alicyclic amines) is 1. The van der Waals surface area contributed by atoms with Crippen LogP contribution in [0.3, 0.4) is 0 Å². The molecule has 0 aromatic heterocycles. The van der Waals surface area contributed by atoms with Gasteiger partial charge in [-0.3, -0.25) is 9.59 Å². The van der Waals surface area contributed by atoms with Gasteiger partial charge in [0.25, 0.3) is 0 Å². The molecule has 2 aliphatic rings. The van der Waals surface area contributed by atoms with Gasteiger partial charge in [-0.15, -0.1) is 0 Å². The zero-order valence-corrected chi connectivity index (χ0v) is 13.8. The second-order valence-electron chi connectivity index (χ2n) is 6.30. The van der Waals surface area contributed by atoms with Gasteiger partial charge in [-0.1, -0.05) is 19.1 Å². The highest BCUT2D eigenvalue weighted by molar-refractivity contribution is 5.82. The minimum absolute atomic E-state index is 0.0263. The molecular weight excluding hydrogens is 309 g/mol. The van der Waals surface area contributed by atoms with Crippen molar-refractivity contribution >= 4 is 18.0 Å². The molecule has 1 fully saturated rings. The Labute approximate surface area is 141 Å². The van der Waals surface area contributed by atoms with Crippen molar-refractivity contribution in [3.8, 4) is 0 Å². The molecule has 24 heavy (non-hydrogen) atoms. The summed E-state index contributed by atoms with van der Waals surface area (Å²) >= 11 is 0. The number of piperidine rings is 1. The molecule has 0 bridgehead atoms. The van der Waals surface area contributed by atoms with Gasteiger partial charge in [0.2, 0.25) is 11.8 Å². The molecule has 0 aliphatic carbocycles. The summed E-state index contributed by atoms with van der Waals surface area (Å²) in [5, 5.41) is 5.72. The monoisotopic (exact) mass is 331 g/mol. The van der Waals surface area contributed by atoms with Crippen molar-refractivity contribution < 1.29 is 14.0 Å². The standard InChI is InChI=1S/C18H22FN3O2/c1-2-17(23)21-10-7-13(8-11-21)18(24)22-16(6-9-20-22)14-4-3-5-15(19)12-14/h3-5,9,12-13,16H,2,6-8,10-11H2,1H3. The number of carbonyl (C=O) groups is 2. The number of rotatable bonds is 3. The Kier molecular flexibility index (Phi) is 4.92. The lowest BCUT2D eigenvalue weighted by Gasteiger charge is -2.33. The van der Waals surface area contributed by atoms with Gasteiger partial charge < -0.3 is 4.90 Å². The summed E-state index contributed by atoms with van der Waals surface area (Å²) in [6.45, 7) is 3.08. The van der Waals surface area contributed by atoms with E-state index in [2.05, 4.69) is 5.10 Å². The lowest BCUT2D eigenvalue weighted by Crippen LogP contribution is -2.43. The fraction of sp³-hybridized carbons (Fsp3) is 0.500. The largest absolute Gasteiger partial charge is 0.343 e. The second-order valence-corrected chi connectivity index (χ2v) is 6.30. The van der Waals surface area contributed by atoms with Crippen molar-refractivity contribution in [3.63, 3.8) is 0 Å². The predicted octanol–water partition coefficient (Wildman–Crippen LogP) is 2.73. The van der Waals surface area contributed by atoms with Crippen molar-refractivity contribution in [1.82, 2.24) is 9.91 Å². The van der Waals surface area contributed by atoms with E-state index in [4.69, 9.17) is 0 Å². The van der Waals surface area contributed by atoms with Crippen LogP contribution in [0, 0.1) is 11.7 Å². The molecule has 1 unspecified atom stereocenters. The zero-order chi connectivity index (χ0) is 17.1. The van der Waals surface area contributed by atoms with Crippen molar-refractivity contribution in [1.29, 1.82) is 0 Å². The molecule has 1 aromatic carbocycles. The Morgan fingerprint density at radius 1 is 1.29 bits per heavy atom. The molecule has 0 saturated carbocycles. The van der Waals surface area contributed by atoms with Crippen LogP contribution in [0.4, 0.5) is 4.39 Å². The van der Waals surface area contributed by atoms with E-state index in [1.54, 1.807) is 12.3 Å². The Morgan fingerprint density at radius 3 is 2.71 bits per heavy atom. The molecule has 128 valence electrons. The fourth-order valence-electron chi connectivity index (χ4n) is 3.40. The fourth-order valence-corrected chi connectivity index (χ4v) is 3.40. The summed E-state index contributed by atoms with van der Waals surface area (Å²) in [5.74, 6) is -0.324. The van der Waals surface area contributed by atoms with Gasteiger partial charge in [-0.2, -0.15) is 5.10 Å². The summed E-state index contributed by atoms with van der Waals surface area (Å²) in [6, 6.07) is 6.10. The summed E-state index contributed by atoms with van der Waals surface area (Å²) in [7, 11) is 0. The van der Waals surface area contributed by atoms with Gasteiger partial charge in [-0.25, -0.2) is 9.40 Å². The topological polar surface area (TPSA) is 53.0 Å². The third kappa shape index (κ3) is 3.32. The molecule has 5 nitrogen and oxygen atoms in total. The van der Waals surface area contributed by atoms with Crippen LogP contribution in [0.2, 0.25) is 0 Å². The van der Waals surface area contributed by atoms with Crippen molar-refractivity contribution in [3.05, 3.63) is 35.6 Å². The first-order valence-corrected chi connectivity index (χ1v) is 8.49. The summed E-state index contributed by atoms with van der Waals surface area (Å²) in [6.07, 6.45) is 4.13. The summed E-state index contributed by atoms with van der Waals surface area (Å²) in [4.78, 5) is 26.4. The number of carbonyl (C=O) groups excluding carboxylic acids is 2. The van der Waals surface area contributed by atoms with E-state index in [9.17, 15) is 14.0 Å². The number of benzene rings is 1. The molecule has 2 aliphatic heterocycles. The molecule has 2 heterocycles. The highest BCUT2D eigenvalue weighted by atomic mass is 19.1. The van der Waals surface area contributed by atoms with E-state index < -0.39 is 0 Å². The van der Waals surface area contributed by atoms with E-state index in [1.165, 1.54) is 17.1 Å². The highest BCUT2D eigenvalue weighted by Gasteiger charge is 2.35. The van der Waals surface area contributed by atoms with Crippen LogP contribution in [0.5, 0.6) is 0 Å². The van der Waals surface area contributed by atoms with Gasteiger partial charge in [-0.05, 0) is 30.5 Å². The average molecular weight is 331 g/mol. The minimum Gasteiger partial charge on any atom is -0.343 e. The molecule has 0 radical (unpaired) electrons. The van der Waals surface area contributed by atoms with E-state index >= 15 is 0 Å². The van der Waals surface area contributed by atoms with Crippen molar-refractivity contribution in [2.24, 2.45) is 11.0 Å². The molecular formula is C18H22FN3O2. The molecule has 3 rings (SSSR count). The lowest BCUT2D eigenvalue weighted by atomic mass is 9.94. The maximum atomic E-state index is 13.5. The highest BCUT2D eigenvalue weighted by Crippen LogP contribution is 2.32. The SMILES string of the molecule is CCC(=O)N1CCC(C(=O)N2N=CCC2c2cccc(F)c2)CC1. The van der Waals surface area contributed by atoms with Crippen LogP contribution >= 0.6 is 0 Å². The van der Waals surface area contributed by atoms with E-state index in [0.29, 0.717) is 38.8 Å². The van der Waals surface area contributed by atoms with Crippen LogP contribution in [0.1, 0.15) is 44.2 Å². The Morgan fingerprint density at radius 2 is 2.04 bits per heavy atom. The average Bonchev–Trinajstić information content (AvgIpc) is 3.10. The predicted molar refractivity (Wildman–Crippen MR) is 88.7 cm³/mol. The smallest absolute Gasteiger partial charge is 0.246 e. The number of hydrogen-bond acceptors (Lipinski definition) is 3. The first kappa shape index (κ1) is 16.6. The van der Waals surface area contributed by atoms with Gasteiger partial charge in [0.1, 0.15) is 5.82 Å². The molecule has 6 heteroatoms. The quantitative estimate of drug-likeness (QED) is 0.855. The van der Waals surface area contributed by atoms with Gasteiger partial charge >= 0.3 is 0 Å². The first-order chi connectivity index (χ1) is 11.6. The number of hydrogen-bond donors (Lipinski definition) is 0. The van der Waals surface area contributed by atoms with E-state index in [0.717, 1.165) is 5.56 Å². The summed E-state index contributed by atoms with van der Waals surface area (Å²) in [5.41, 5.74) is 0.763. The first-order valence-electron chi connectivity index (χ1n) is 8.49. The Hall–Kier alpha value is -2.24. The third-order valence-corrected chi connectivity index (χ3v) is 4.79. The lowest BCUT2D eigenvalue weighted by molar-refractivity contribution is -0.142. The van der Waals surface area contributed by atoms with Gasteiger partial charge in [0.05, 0.1) is 6.04 Å². The second kappa shape index (κ2) is 7.11. The third-order valence-electron chi connectivity index (χ3n) is 4.79. The summed E-state index contributed by atoms with van der Waals surface area (Å²) < 4.78 is 13.5. The van der Waals surface area contributed by atoms with Crippen LogP contribution in [0.25, 0.3) is 0 Å². The van der Waals surface area contributed by atoms with Crippen LogP contribution in [-0.2, 0) is 9.59 Å². The maximum absolute atomic E-state index is 13.5. The van der Waals surface area contributed by atoms with Gasteiger partial charge in [0, 0.05) is 38.1 Å². The van der Waals surface area contributed by atoms with Crippen LogP contribution in [0.15, 0.2) is 29.4 Å². The molecule has 0 spiro atoms. The Balaban J connectivity index is 1.66. The molecule has 1 atom stereocenters. The van der Waals surface area contributed by atoms with Crippen molar-refractivity contribution in [2.75, 3.05) is 13.1 Å². The zero-order valence-electron chi connectivity index (χ0n) is 13.8. The molecule has 1 aromatic rings. The minimum atomic E-state index is -0.307. The van der Waals surface area contributed by atoms with E-state index in [-0.39, 0.29) is 29.6 Å². The van der Waals surface area contributed by atoms with Crippen LogP contribution in [-0.4, -0.2) is 41.0 Å². The van der Waals surface area contributed by atoms with Crippen LogP contribution < -0.4 is 0 Å². The molecule has 2 amide bonds. The molecule has 1 saturated heterocycles. The Bertz CT molecular complexity index is 653. The van der Waals surface area contributed by atoms with E-state index in [1.807, 2.05) is 17.9 Å². The normalized spacial score (nSPS) is 21.3.